The molecule has 27 heavy (non-hydrogen) atoms. The van der Waals surface area contributed by atoms with Crippen molar-refractivity contribution in [3.05, 3.63) is 65.4 Å². The zero-order valence-electron chi connectivity index (χ0n) is 14.1. The fourth-order valence-electron chi connectivity index (χ4n) is 2.18. The first-order valence-electron chi connectivity index (χ1n) is 7.72. The van der Waals surface area contributed by atoms with Gasteiger partial charge in [-0.2, -0.15) is 0 Å². The summed E-state index contributed by atoms with van der Waals surface area (Å²) in [5.41, 5.74) is 1.29. The number of halogens is 1. The van der Waals surface area contributed by atoms with E-state index in [0.717, 1.165) is 0 Å². The van der Waals surface area contributed by atoms with Gasteiger partial charge in [0, 0.05) is 11.8 Å². The van der Waals surface area contributed by atoms with Gasteiger partial charge in [0.15, 0.2) is 10.9 Å². The van der Waals surface area contributed by atoms with E-state index in [9.17, 15) is 8.42 Å². The maximum absolute atomic E-state index is 12.4. The summed E-state index contributed by atoms with van der Waals surface area (Å²) >= 11 is 11.3. The van der Waals surface area contributed by atoms with Gasteiger partial charge < -0.3 is 15.2 Å². The van der Waals surface area contributed by atoms with Gasteiger partial charge in [0.05, 0.1) is 15.6 Å². The van der Waals surface area contributed by atoms with Crippen molar-refractivity contribution in [2.24, 2.45) is 0 Å². The zero-order chi connectivity index (χ0) is 19.4. The van der Waals surface area contributed by atoms with Crippen LogP contribution in [0.3, 0.4) is 0 Å². The van der Waals surface area contributed by atoms with E-state index in [2.05, 4.69) is 20.5 Å². The SMILES string of the molecule is Cc1cc(NS(=O)(=O)c2ccc(NC(=S)Nc3ccccc3Cl)cc2)no1. The van der Waals surface area contributed by atoms with E-state index in [0.29, 0.717) is 27.3 Å². The first-order valence-corrected chi connectivity index (χ1v) is 9.99. The highest BCUT2D eigenvalue weighted by molar-refractivity contribution is 7.92. The molecule has 2 aromatic carbocycles. The molecule has 0 radical (unpaired) electrons. The van der Waals surface area contributed by atoms with Gasteiger partial charge in [-0.1, -0.05) is 28.9 Å². The zero-order valence-corrected chi connectivity index (χ0v) is 16.5. The third kappa shape index (κ3) is 4.97. The average molecular weight is 423 g/mol. The van der Waals surface area contributed by atoms with Gasteiger partial charge >= 0.3 is 0 Å². The Morgan fingerprint density at radius 2 is 1.81 bits per heavy atom. The number of nitrogens with one attached hydrogen (secondary N) is 3. The van der Waals surface area contributed by atoms with Gasteiger partial charge in [-0.25, -0.2) is 8.42 Å². The lowest BCUT2D eigenvalue weighted by Crippen LogP contribution is -2.19. The van der Waals surface area contributed by atoms with Crippen LogP contribution >= 0.6 is 23.8 Å². The molecule has 0 saturated carbocycles. The van der Waals surface area contributed by atoms with Crippen LogP contribution in [0.1, 0.15) is 5.76 Å². The van der Waals surface area contributed by atoms with Crippen molar-refractivity contribution in [1.82, 2.24) is 5.16 Å². The van der Waals surface area contributed by atoms with Gasteiger partial charge in [-0.05, 0) is 55.5 Å². The maximum atomic E-state index is 12.4. The van der Waals surface area contributed by atoms with E-state index in [-0.39, 0.29) is 10.7 Å². The molecule has 0 unspecified atom stereocenters. The van der Waals surface area contributed by atoms with E-state index in [4.69, 9.17) is 28.3 Å². The van der Waals surface area contributed by atoms with E-state index < -0.39 is 10.0 Å². The fraction of sp³-hybridized carbons (Fsp3) is 0.0588. The molecule has 7 nitrogen and oxygen atoms in total. The number of benzene rings is 2. The van der Waals surface area contributed by atoms with E-state index in [1.54, 1.807) is 31.2 Å². The molecule has 0 spiro atoms. The number of para-hydroxylation sites is 1. The second-order valence-corrected chi connectivity index (χ2v) is 8.01. The van der Waals surface area contributed by atoms with Gasteiger partial charge in [0.25, 0.3) is 10.0 Å². The summed E-state index contributed by atoms with van der Waals surface area (Å²) in [6.07, 6.45) is 0. The molecular formula is C17H15ClN4O3S2. The van der Waals surface area contributed by atoms with E-state index in [1.165, 1.54) is 18.2 Å². The summed E-state index contributed by atoms with van der Waals surface area (Å²) in [4.78, 5) is 0.0821. The Morgan fingerprint density at radius 1 is 1.11 bits per heavy atom. The standard InChI is InChI=1S/C17H15ClN4O3S2/c1-11-10-16(21-25-11)22-27(23,24)13-8-6-12(7-9-13)19-17(26)20-15-5-3-2-4-14(15)18/h2-10H,1H3,(H,21,22)(H2,19,20,26). The predicted molar refractivity (Wildman–Crippen MR) is 110 cm³/mol. The summed E-state index contributed by atoms with van der Waals surface area (Å²) < 4.78 is 31.9. The van der Waals surface area contributed by atoms with Gasteiger partial charge in [-0.15, -0.1) is 0 Å². The highest BCUT2D eigenvalue weighted by atomic mass is 35.5. The quantitative estimate of drug-likeness (QED) is 0.529. The molecule has 10 heteroatoms. The van der Waals surface area contributed by atoms with Crippen molar-refractivity contribution in [2.45, 2.75) is 11.8 Å². The van der Waals surface area contributed by atoms with Crippen molar-refractivity contribution in [1.29, 1.82) is 0 Å². The molecule has 0 atom stereocenters. The summed E-state index contributed by atoms with van der Waals surface area (Å²) in [6, 6.07) is 14.8. The van der Waals surface area contributed by atoms with Crippen LogP contribution in [0, 0.1) is 6.92 Å². The average Bonchev–Trinajstić information content (AvgIpc) is 3.01. The lowest BCUT2D eigenvalue weighted by Gasteiger charge is -2.12. The van der Waals surface area contributed by atoms with Gasteiger partial charge in [-0.3, -0.25) is 4.72 Å². The minimum Gasteiger partial charge on any atom is -0.360 e. The molecule has 3 N–H and O–H groups in total. The van der Waals surface area contributed by atoms with Crippen LogP contribution in [0.5, 0.6) is 0 Å². The van der Waals surface area contributed by atoms with Crippen LogP contribution in [0.15, 0.2) is 64.0 Å². The molecule has 0 aliphatic heterocycles. The first-order chi connectivity index (χ1) is 12.8. The maximum Gasteiger partial charge on any atom is 0.263 e. The molecule has 0 bridgehead atoms. The minimum atomic E-state index is -3.77. The molecule has 0 amide bonds. The minimum absolute atomic E-state index is 0.0821. The van der Waals surface area contributed by atoms with Gasteiger partial charge in [0.1, 0.15) is 5.76 Å². The summed E-state index contributed by atoms with van der Waals surface area (Å²) in [6.45, 7) is 1.67. The number of hydrogen-bond donors (Lipinski definition) is 3. The second-order valence-electron chi connectivity index (χ2n) is 5.51. The number of rotatable bonds is 5. The third-order valence-corrected chi connectivity index (χ3v) is 5.32. The van der Waals surface area contributed by atoms with Crippen molar-refractivity contribution >= 4 is 56.1 Å². The fourth-order valence-corrected chi connectivity index (χ4v) is 3.57. The molecule has 1 aromatic heterocycles. The summed E-state index contributed by atoms with van der Waals surface area (Å²) in [5.74, 6) is 0.631. The number of hydrogen-bond acceptors (Lipinski definition) is 5. The number of aromatic nitrogens is 1. The Kier molecular flexibility index (Phi) is 5.64. The normalized spacial score (nSPS) is 11.0. The Morgan fingerprint density at radius 3 is 2.44 bits per heavy atom. The smallest absolute Gasteiger partial charge is 0.263 e. The Balaban J connectivity index is 1.66. The number of sulfonamides is 1. The second kappa shape index (κ2) is 7.95. The molecule has 0 saturated heterocycles. The molecule has 0 aliphatic carbocycles. The van der Waals surface area contributed by atoms with Crippen molar-refractivity contribution in [3.8, 4) is 0 Å². The predicted octanol–water partition coefficient (Wildman–Crippen LogP) is 4.25. The van der Waals surface area contributed by atoms with Crippen LogP contribution in [0.4, 0.5) is 17.2 Å². The van der Waals surface area contributed by atoms with Crippen LogP contribution in [0.25, 0.3) is 0 Å². The monoisotopic (exact) mass is 422 g/mol. The lowest BCUT2D eigenvalue weighted by atomic mass is 10.3. The Labute approximate surface area is 166 Å². The Hall–Kier alpha value is -2.62. The molecular weight excluding hydrogens is 408 g/mol. The molecule has 1 heterocycles. The van der Waals surface area contributed by atoms with Gasteiger partial charge in [0.2, 0.25) is 0 Å². The number of thiocarbonyl (C=S) groups is 1. The number of aryl methyl sites for hydroxylation is 1. The van der Waals surface area contributed by atoms with Crippen molar-refractivity contribution < 1.29 is 12.9 Å². The highest BCUT2D eigenvalue weighted by Gasteiger charge is 2.16. The third-order valence-electron chi connectivity index (χ3n) is 3.41. The summed E-state index contributed by atoms with van der Waals surface area (Å²) in [7, 11) is -3.77. The van der Waals surface area contributed by atoms with Crippen molar-refractivity contribution in [3.63, 3.8) is 0 Å². The van der Waals surface area contributed by atoms with E-state index >= 15 is 0 Å². The molecule has 3 aromatic rings. The van der Waals surface area contributed by atoms with Crippen molar-refractivity contribution in [2.75, 3.05) is 15.4 Å². The van der Waals surface area contributed by atoms with Crippen LogP contribution in [-0.4, -0.2) is 18.7 Å². The van der Waals surface area contributed by atoms with E-state index in [1.807, 2.05) is 12.1 Å². The highest BCUT2D eigenvalue weighted by Crippen LogP contribution is 2.21. The largest absolute Gasteiger partial charge is 0.360 e. The first kappa shape index (κ1) is 19.2. The number of nitrogens with zero attached hydrogens (tertiary/aromatic N) is 1. The van der Waals surface area contributed by atoms with Crippen LogP contribution in [0.2, 0.25) is 5.02 Å². The number of anilines is 3. The Bertz CT molecular complexity index is 1070. The van der Waals surface area contributed by atoms with Crippen LogP contribution in [-0.2, 0) is 10.0 Å². The molecule has 140 valence electrons. The lowest BCUT2D eigenvalue weighted by molar-refractivity contribution is 0.400. The topological polar surface area (TPSA) is 96.3 Å². The molecule has 0 aliphatic rings. The molecule has 3 rings (SSSR count). The summed E-state index contributed by atoms with van der Waals surface area (Å²) in [5, 5.41) is 10.4. The molecule has 0 fully saturated rings. The van der Waals surface area contributed by atoms with Crippen LogP contribution < -0.4 is 15.4 Å².